The predicted molar refractivity (Wildman–Crippen MR) is 53.9 cm³/mol. The van der Waals surface area contributed by atoms with Gasteiger partial charge in [-0.2, -0.15) is 0 Å². The molecule has 0 amide bonds. The van der Waals surface area contributed by atoms with Crippen molar-refractivity contribution < 1.29 is 4.89 Å². The molecule has 3 heteroatoms. The molecular formula is C9H18NOP. The third-order valence-electron chi connectivity index (χ3n) is 2.40. The molecule has 0 aliphatic heterocycles. The molecule has 70 valence electrons. The fourth-order valence-corrected chi connectivity index (χ4v) is 2.63. The summed E-state index contributed by atoms with van der Waals surface area (Å²) in [7, 11) is -0.936. The first-order valence-electron chi connectivity index (χ1n) is 4.53. The summed E-state index contributed by atoms with van der Waals surface area (Å²) in [5, 5.41) is 0. The second-order valence-electron chi connectivity index (χ2n) is 4.66. The lowest BCUT2D eigenvalue weighted by Crippen LogP contribution is -2.27. The number of hydrogen-bond donors (Lipinski definition) is 0. The van der Waals surface area contributed by atoms with Gasteiger partial charge in [0.2, 0.25) is 0 Å². The van der Waals surface area contributed by atoms with Gasteiger partial charge in [-0.1, -0.05) is 20.8 Å². The van der Waals surface area contributed by atoms with E-state index in [1.165, 1.54) is 12.1 Å². The Hall–Kier alpha value is 0.0600. The van der Waals surface area contributed by atoms with Crippen molar-refractivity contribution >= 4 is 14.7 Å². The summed E-state index contributed by atoms with van der Waals surface area (Å²) in [5.74, 6) is 0.707. The quantitative estimate of drug-likeness (QED) is 0.577. The van der Waals surface area contributed by atoms with Crippen molar-refractivity contribution in [3.8, 4) is 0 Å². The summed E-state index contributed by atoms with van der Waals surface area (Å²) >= 11 is 0. The van der Waals surface area contributed by atoms with Crippen molar-refractivity contribution in [2.24, 2.45) is 16.1 Å². The normalized spacial score (nSPS) is 33.3. The van der Waals surface area contributed by atoms with Crippen molar-refractivity contribution in [2.75, 3.05) is 0 Å². The van der Waals surface area contributed by atoms with Crippen LogP contribution >= 0.6 is 8.96 Å². The van der Waals surface area contributed by atoms with Crippen molar-refractivity contribution in [1.29, 1.82) is 0 Å². The fraction of sp³-hybridized carbons (Fsp3) is 0.889. The maximum atomic E-state index is 10.4. The third-order valence-corrected chi connectivity index (χ3v) is 2.87. The van der Waals surface area contributed by atoms with Crippen LogP contribution in [0.25, 0.3) is 0 Å². The Morgan fingerprint density at radius 3 is 2.75 bits per heavy atom. The molecule has 1 saturated carbocycles. The molecule has 2 nitrogen and oxygen atoms in total. The lowest BCUT2D eigenvalue weighted by molar-refractivity contribution is -0.150. The first-order valence-corrected chi connectivity index (χ1v) is 5.51. The van der Waals surface area contributed by atoms with Crippen molar-refractivity contribution in [3.05, 3.63) is 0 Å². The zero-order chi connectivity index (χ0) is 9.19. The van der Waals surface area contributed by atoms with Gasteiger partial charge in [0.25, 0.3) is 0 Å². The van der Waals surface area contributed by atoms with Crippen molar-refractivity contribution in [3.63, 3.8) is 0 Å². The lowest BCUT2D eigenvalue weighted by Gasteiger charge is -2.33. The molecule has 0 aromatic rings. The van der Waals surface area contributed by atoms with Crippen LogP contribution in [-0.2, 0) is 0 Å². The van der Waals surface area contributed by atoms with E-state index in [1.54, 1.807) is 0 Å². The average molecular weight is 187 g/mol. The number of hydrogen-bond acceptors (Lipinski definition) is 2. The van der Waals surface area contributed by atoms with Crippen LogP contribution in [0.1, 0.15) is 40.0 Å². The molecule has 0 heterocycles. The Kier molecular flexibility index (Phi) is 3.25. The van der Waals surface area contributed by atoms with E-state index in [0.717, 1.165) is 12.8 Å². The van der Waals surface area contributed by atoms with Gasteiger partial charge in [0, 0.05) is 0 Å². The molecule has 2 unspecified atom stereocenters. The fourth-order valence-electron chi connectivity index (χ4n) is 2.29. The van der Waals surface area contributed by atoms with Crippen LogP contribution in [0, 0.1) is 11.3 Å². The maximum absolute atomic E-state index is 10.4. The largest absolute Gasteiger partial charge is 0.663 e. The maximum Gasteiger partial charge on any atom is 0.0570 e. The minimum atomic E-state index is -0.936. The molecule has 1 aliphatic carbocycles. The average Bonchev–Trinajstić information content (AvgIpc) is 1.82. The molecule has 1 rings (SSSR count). The molecule has 12 heavy (non-hydrogen) atoms. The van der Waals surface area contributed by atoms with E-state index in [1.807, 2.05) is 0 Å². The highest BCUT2D eigenvalue weighted by atomic mass is 31.1. The Morgan fingerprint density at radius 1 is 1.58 bits per heavy atom. The number of nitrogens with zero attached hydrogens (tertiary/aromatic N) is 1. The topological polar surface area (TPSA) is 35.4 Å². The molecule has 0 aromatic carbocycles. The zero-order valence-corrected chi connectivity index (χ0v) is 9.29. The van der Waals surface area contributed by atoms with Gasteiger partial charge in [0.05, 0.1) is 14.7 Å². The van der Waals surface area contributed by atoms with Crippen LogP contribution < -0.4 is 4.89 Å². The van der Waals surface area contributed by atoms with E-state index in [9.17, 15) is 4.89 Å². The van der Waals surface area contributed by atoms with Crippen LogP contribution in [0.4, 0.5) is 0 Å². The van der Waals surface area contributed by atoms with Gasteiger partial charge in [-0.15, -0.1) is 4.76 Å². The predicted octanol–water partition coefficient (Wildman–Crippen LogP) is 1.87. The SMILES string of the molecule is CC1CC(=N[PH2+][O-])CC(C)(C)C1. The zero-order valence-electron chi connectivity index (χ0n) is 8.13. The molecule has 1 fully saturated rings. The Balaban J connectivity index is 2.64. The monoisotopic (exact) mass is 187 g/mol. The van der Waals surface area contributed by atoms with Gasteiger partial charge < -0.3 is 4.89 Å². The van der Waals surface area contributed by atoms with Crippen LogP contribution in [0.3, 0.4) is 0 Å². The van der Waals surface area contributed by atoms with Gasteiger partial charge >= 0.3 is 0 Å². The van der Waals surface area contributed by atoms with Gasteiger partial charge in [-0.05, 0) is 30.6 Å². The highest BCUT2D eigenvalue weighted by Crippen LogP contribution is 2.37. The summed E-state index contributed by atoms with van der Waals surface area (Å²) < 4.78 is 4.07. The van der Waals surface area contributed by atoms with Gasteiger partial charge in [0.15, 0.2) is 0 Å². The Labute approximate surface area is 76.4 Å². The highest BCUT2D eigenvalue weighted by Gasteiger charge is 2.29. The minimum Gasteiger partial charge on any atom is -0.663 e. The molecule has 0 bridgehead atoms. The molecule has 0 spiro atoms. The highest BCUT2D eigenvalue weighted by molar-refractivity contribution is 7.28. The van der Waals surface area contributed by atoms with E-state index < -0.39 is 8.96 Å². The lowest BCUT2D eigenvalue weighted by atomic mass is 9.72. The number of rotatable bonds is 1. The molecule has 0 saturated heterocycles. The molecular weight excluding hydrogens is 169 g/mol. The van der Waals surface area contributed by atoms with Crippen molar-refractivity contribution in [1.82, 2.24) is 0 Å². The van der Waals surface area contributed by atoms with Gasteiger partial charge in [-0.3, -0.25) is 0 Å². The third kappa shape index (κ3) is 2.84. The summed E-state index contributed by atoms with van der Waals surface area (Å²) in [4.78, 5) is 10.4. The van der Waals surface area contributed by atoms with Crippen LogP contribution in [0.15, 0.2) is 4.76 Å². The summed E-state index contributed by atoms with van der Waals surface area (Å²) in [6, 6.07) is 0. The second-order valence-corrected chi connectivity index (χ2v) is 5.12. The Bertz CT molecular complexity index is 189. The van der Waals surface area contributed by atoms with E-state index in [4.69, 9.17) is 0 Å². The molecule has 0 radical (unpaired) electrons. The van der Waals surface area contributed by atoms with E-state index in [0.29, 0.717) is 11.3 Å². The van der Waals surface area contributed by atoms with E-state index >= 15 is 0 Å². The van der Waals surface area contributed by atoms with Crippen LogP contribution in [0.2, 0.25) is 0 Å². The van der Waals surface area contributed by atoms with Crippen LogP contribution in [-0.4, -0.2) is 5.71 Å². The molecule has 2 atom stereocenters. The van der Waals surface area contributed by atoms with Gasteiger partial charge in [0.1, 0.15) is 0 Å². The van der Waals surface area contributed by atoms with Crippen molar-refractivity contribution in [2.45, 2.75) is 40.0 Å². The van der Waals surface area contributed by atoms with E-state index in [-0.39, 0.29) is 0 Å². The minimum absolute atomic E-state index is 0.366. The van der Waals surface area contributed by atoms with E-state index in [2.05, 4.69) is 25.5 Å². The first kappa shape index (κ1) is 10.1. The molecule has 0 aromatic heterocycles. The standard InChI is InChI=1S/C9H18NOP/c1-7-4-8(10-12-11)6-9(2,3)5-7/h7H,4-6,12H2,1-3H3. The Morgan fingerprint density at radius 2 is 2.25 bits per heavy atom. The summed E-state index contributed by atoms with van der Waals surface area (Å²) in [5.41, 5.74) is 1.54. The van der Waals surface area contributed by atoms with Crippen LogP contribution in [0.5, 0.6) is 0 Å². The summed E-state index contributed by atoms with van der Waals surface area (Å²) in [6.45, 7) is 6.77. The smallest absolute Gasteiger partial charge is 0.0570 e. The summed E-state index contributed by atoms with van der Waals surface area (Å²) in [6.07, 6.45) is 3.35. The molecule has 1 aliphatic rings. The first-order chi connectivity index (χ1) is 5.53. The molecule has 0 N–H and O–H groups in total. The van der Waals surface area contributed by atoms with Gasteiger partial charge in [-0.25, -0.2) is 0 Å². The second kappa shape index (κ2) is 3.85.